The summed E-state index contributed by atoms with van der Waals surface area (Å²) in [5, 5.41) is 4.51. The van der Waals surface area contributed by atoms with Crippen molar-refractivity contribution in [2.75, 3.05) is 0 Å². The van der Waals surface area contributed by atoms with Gasteiger partial charge in [0.25, 0.3) is 5.76 Å². The molecular weight excluding hydrogens is 206 g/mol. The lowest BCUT2D eigenvalue weighted by Crippen LogP contribution is -1.94. The molecule has 1 rings (SSSR count). The average molecular weight is 213 g/mol. The number of halogens is 3. The van der Waals surface area contributed by atoms with Crippen molar-refractivity contribution in [1.29, 1.82) is 0 Å². The fourth-order valence-corrected chi connectivity index (χ4v) is 1.73. The van der Waals surface area contributed by atoms with Crippen LogP contribution in [0.25, 0.3) is 0 Å². The molecular formula is C6H7ClF2N2S. The summed E-state index contributed by atoms with van der Waals surface area (Å²) in [5.41, 5.74) is 0.572. The van der Waals surface area contributed by atoms with Crippen LogP contribution in [0.5, 0.6) is 0 Å². The van der Waals surface area contributed by atoms with Gasteiger partial charge in [-0.2, -0.15) is 13.9 Å². The van der Waals surface area contributed by atoms with Gasteiger partial charge in [0.15, 0.2) is 0 Å². The highest BCUT2D eigenvalue weighted by Gasteiger charge is 2.15. The van der Waals surface area contributed by atoms with Crippen LogP contribution >= 0.6 is 23.4 Å². The summed E-state index contributed by atoms with van der Waals surface area (Å²) in [6.07, 6.45) is 0. The number of hydrogen-bond acceptors (Lipinski definition) is 2. The molecule has 0 saturated carbocycles. The molecule has 0 spiro atoms. The molecule has 0 radical (unpaired) electrons. The van der Waals surface area contributed by atoms with Crippen LogP contribution in [0.15, 0.2) is 5.03 Å². The maximum absolute atomic E-state index is 12.0. The predicted molar refractivity (Wildman–Crippen MR) is 44.8 cm³/mol. The molecule has 0 atom stereocenters. The molecule has 0 saturated heterocycles. The second-order valence-corrected chi connectivity index (χ2v) is 3.56. The van der Waals surface area contributed by atoms with Gasteiger partial charge < -0.3 is 0 Å². The summed E-state index contributed by atoms with van der Waals surface area (Å²) in [6, 6.07) is 0. The smallest absolute Gasteiger partial charge is 0.260 e. The van der Waals surface area contributed by atoms with Gasteiger partial charge in [-0.05, 0) is 18.7 Å². The molecule has 0 N–H and O–H groups in total. The third-order valence-electron chi connectivity index (χ3n) is 1.30. The fourth-order valence-electron chi connectivity index (χ4n) is 0.824. The second kappa shape index (κ2) is 3.62. The van der Waals surface area contributed by atoms with Gasteiger partial charge in [-0.15, -0.1) is 0 Å². The lowest BCUT2D eigenvalue weighted by atomic mass is 10.5. The topological polar surface area (TPSA) is 17.8 Å². The van der Waals surface area contributed by atoms with Gasteiger partial charge >= 0.3 is 0 Å². The van der Waals surface area contributed by atoms with Crippen LogP contribution in [-0.2, 0) is 7.05 Å². The van der Waals surface area contributed by atoms with Crippen molar-refractivity contribution in [3.63, 3.8) is 0 Å². The van der Waals surface area contributed by atoms with E-state index in [0.717, 1.165) is 0 Å². The van der Waals surface area contributed by atoms with Crippen molar-refractivity contribution in [3.8, 4) is 0 Å². The SMILES string of the molecule is Cc1nn(C)c(SC(F)F)c1Cl. The molecule has 2 nitrogen and oxygen atoms in total. The molecule has 0 unspecified atom stereocenters. The van der Waals surface area contributed by atoms with E-state index in [1.54, 1.807) is 14.0 Å². The Morgan fingerprint density at radius 1 is 1.58 bits per heavy atom. The highest BCUT2D eigenvalue weighted by molar-refractivity contribution is 7.99. The lowest BCUT2D eigenvalue weighted by Gasteiger charge is -1.99. The van der Waals surface area contributed by atoms with Gasteiger partial charge in [0, 0.05) is 7.05 Å². The second-order valence-electron chi connectivity index (χ2n) is 2.21. The standard InChI is InChI=1S/C6H7ClF2N2S/c1-3-4(7)5(11(2)10-3)12-6(8)9/h6H,1-2H3. The first-order chi connectivity index (χ1) is 5.52. The van der Waals surface area contributed by atoms with E-state index in [9.17, 15) is 8.78 Å². The van der Waals surface area contributed by atoms with E-state index in [2.05, 4.69) is 5.10 Å². The molecule has 0 aromatic carbocycles. The number of aryl methyl sites for hydroxylation is 2. The molecule has 1 heterocycles. The van der Waals surface area contributed by atoms with Gasteiger partial charge in [-0.1, -0.05) is 11.6 Å². The van der Waals surface area contributed by atoms with E-state index in [1.807, 2.05) is 0 Å². The molecule has 0 bridgehead atoms. The highest BCUT2D eigenvalue weighted by atomic mass is 35.5. The third kappa shape index (κ3) is 1.90. The van der Waals surface area contributed by atoms with Crippen molar-refractivity contribution in [2.24, 2.45) is 7.05 Å². The van der Waals surface area contributed by atoms with Crippen molar-refractivity contribution in [3.05, 3.63) is 10.7 Å². The summed E-state index contributed by atoms with van der Waals surface area (Å²) in [5.74, 6) is -2.46. The Morgan fingerprint density at radius 2 is 2.17 bits per heavy atom. The highest BCUT2D eigenvalue weighted by Crippen LogP contribution is 2.32. The quantitative estimate of drug-likeness (QED) is 0.702. The minimum atomic E-state index is -2.46. The maximum Gasteiger partial charge on any atom is 0.290 e. The first-order valence-electron chi connectivity index (χ1n) is 3.16. The Bertz CT molecular complexity index is 287. The van der Waals surface area contributed by atoms with Crippen LogP contribution in [0.4, 0.5) is 8.78 Å². The van der Waals surface area contributed by atoms with Crippen LogP contribution in [-0.4, -0.2) is 15.5 Å². The molecule has 0 aliphatic carbocycles. The Hall–Kier alpha value is -0.290. The number of thioether (sulfide) groups is 1. The molecule has 0 aliphatic rings. The first kappa shape index (κ1) is 9.80. The van der Waals surface area contributed by atoms with Gasteiger partial charge in [0.05, 0.1) is 10.7 Å². The maximum atomic E-state index is 12.0. The van der Waals surface area contributed by atoms with Gasteiger partial charge in [0.1, 0.15) is 5.03 Å². The molecule has 1 aromatic rings. The average Bonchev–Trinajstić information content (AvgIpc) is 2.16. The van der Waals surface area contributed by atoms with Crippen molar-refractivity contribution in [1.82, 2.24) is 9.78 Å². The van der Waals surface area contributed by atoms with Crippen LogP contribution < -0.4 is 0 Å². The van der Waals surface area contributed by atoms with Crippen molar-refractivity contribution < 1.29 is 8.78 Å². The van der Waals surface area contributed by atoms with Crippen LogP contribution in [0.2, 0.25) is 5.02 Å². The van der Waals surface area contributed by atoms with Gasteiger partial charge in [-0.3, -0.25) is 4.68 Å². The summed E-state index contributed by atoms with van der Waals surface area (Å²) in [7, 11) is 1.59. The lowest BCUT2D eigenvalue weighted by molar-refractivity contribution is 0.251. The van der Waals surface area contributed by atoms with Crippen molar-refractivity contribution >= 4 is 23.4 Å². The van der Waals surface area contributed by atoms with Gasteiger partial charge in [-0.25, -0.2) is 0 Å². The van der Waals surface area contributed by atoms with Crippen LogP contribution in [0, 0.1) is 6.92 Å². The zero-order chi connectivity index (χ0) is 9.30. The van der Waals surface area contributed by atoms with E-state index in [4.69, 9.17) is 11.6 Å². The number of nitrogens with zero attached hydrogens (tertiary/aromatic N) is 2. The summed E-state index contributed by atoms with van der Waals surface area (Å²) < 4.78 is 25.3. The summed E-state index contributed by atoms with van der Waals surface area (Å²) in [6.45, 7) is 1.68. The number of rotatable bonds is 2. The normalized spacial score (nSPS) is 11.2. The van der Waals surface area contributed by atoms with E-state index in [1.165, 1.54) is 4.68 Å². The van der Waals surface area contributed by atoms with Crippen LogP contribution in [0.1, 0.15) is 5.69 Å². The van der Waals surface area contributed by atoms with Gasteiger partial charge in [0.2, 0.25) is 0 Å². The van der Waals surface area contributed by atoms with E-state index >= 15 is 0 Å². The monoisotopic (exact) mass is 212 g/mol. The number of aromatic nitrogens is 2. The molecule has 0 fully saturated rings. The minimum absolute atomic E-state index is 0.308. The zero-order valence-corrected chi connectivity index (χ0v) is 8.09. The molecule has 0 amide bonds. The zero-order valence-electron chi connectivity index (χ0n) is 6.51. The Balaban J connectivity index is 2.97. The van der Waals surface area contributed by atoms with E-state index < -0.39 is 5.76 Å². The molecule has 0 aliphatic heterocycles. The Labute approximate surface area is 77.9 Å². The first-order valence-corrected chi connectivity index (χ1v) is 4.42. The summed E-state index contributed by atoms with van der Waals surface area (Å²) in [4.78, 5) is 0. The molecule has 12 heavy (non-hydrogen) atoms. The molecule has 1 aromatic heterocycles. The van der Waals surface area contributed by atoms with Crippen LogP contribution in [0.3, 0.4) is 0 Å². The largest absolute Gasteiger partial charge is 0.290 e. The Morgan fingerprint density at radius 3 is 2.50 bits per heavy atom. The number of hydrogen-bond donors (Lipinski definition) is 0. The predicted octanol–water partition coefficient (Wildman–Crippen LogP) is 2.70. The Kier molecular flexibility index (Phi) is 2.95. The summed E-state index contributed by atoms with van der Waals surface area (Å²) >= 11 is 6.13. The van der Waals surface area contributed by atoms with E-state index in [0.29, 0.717) is 27.5 Å². The molecule has 68 valence electrons. The fraction of sp³-hybridized carbons (Fsp3) is 0.500. The molecule has 6 heteroatoms. The van der Waals surface area contributed by atoms with E-state index in [-0.39, 0.29) is 0 Å². The third-order valence-corrected chi connectivity index (χ3v) is 2.73. The van der Waals surface area contributed by atoms with Crippen molar-refractivity contribution in [2.45, 2.75) is 17.7 Å². The minimum Gasteiger partial charge on any atom is -0.260 e. The number of alkyl halides is 2.